The third-order valence-electron chi connectivity index (χ3n) is 3.71. The van der Waals surface area contributed by atoms with Crippen molar-refractivity contribution in [2.24, 2.45) is 5.73 Å². The molecule has 3 heteroatoms. The highest BCUT2D eigenvalue weighted by atomic mass is 79.9. The molecule has 2 aromatic carbocycles. The van der Waals surface area contributed by atoms with Gasteiger partial charge >= 0.3 is 0 Å². The van der Waals surface area contributed by atoms with Gasteiger partial charge in [0, 0.05) is 30.1 Å². The van der Waals surface area contributed by atoms with Gasteiger partial charge in [0.2, 0.25) is 0 Å². The SMILES string of the molecule is CC(Cc1ccc(Br)cc1)N(CCN)Cc1ccccc1. The van der Waals surface area contributed by atoms with E-state index in [9.17, 15) is 0 Å². The highest BCUT2D eigenvalue weighted by molar-refractivity contribution is 9.10. The zero-order valence-corrected chi connectivity index (χ0v) is 14.1. The van der Waals surface area contributed by atoms with Gasteiger partial charge in [-0.1, -0.05) is 58.4 Å². The molecule has 1 atom stereocenters. The van der Waals surface area contributed by atoms with Crippen LogP contribution in [0.15, 0.2) is 59.1 Å². The first-order valence-corrected chi connectivity index (χ1v) is 8.21. The molecule has 21 heavy (non-hydrogen) atoms. The maximum Gasteiger partial charge on any atom is 0.0237 e. The molecule has 0 aromatic heterocycles. The molecular weight excluding hydrogens is 324 g/mol. The van der Waals surface area contributed by atoms with Crippen LogP contribution in [0.3, 0.4) is 0 Å². The topological polar surface area (TPSA) is 29.3 Å². The van der Waals surface area contributed by atoms with Crippen LogP contribution >= 0.6 is 15.9 Å². The molecule has 0 radical (unpaired) electrons. The van der Waals surface area contributed by atoms with Crippen LogP contribution in [0.4, 0.5) is 0 Å². The van der Waals surface area contributed by atoms with Crippen molar-refractivity contribution in [2.75, 3.05) is 13.1 Å². The van der Waals surface area contributed by atoms with Gasteiger partial charge in [-0.15, -0.1) is 0 Å². The minimum atomic E-state index is 0.468. The van der Waals surface area contributed by atoms with Crippen molar-refractivity contribution in [3.63, 3.8) is 0 Å². The summed E-state index contributed by atoms with van der Waals surface area (Å²) in [5.74, 6) is 0. The number of nitrogens with two attached hydrogens (primary N) is 1. The Bertz CT molecular complexity index is 525. The van der Waals surface area contributed by atoms with E-state index < -0.39 is 0 Å². The summed E-state index contributed by atoms with van der Waals surface area (Å²) in [4.78, 5) is 2.46. The molecule has 0 aliphatic heterocycles. The quantitative estimate of drug-likeness (QED) is 0.825. The van der Waals surface area contributed by atoms with E-state index in [1.54, 1.807) is 0 Å². The fourth-order valence-electron chi connectivity index (χ4n) is 2.53. The highest BCUT2D eigenvalue weighted by Gasteiger charge is 2.14. The zero-order chi connectivity index (χ0) is 15.1. The molecular formula is C18H23BrN2. The van der Waals surface area contributed by atoms with Crippen LogP contribution in [0.2, 0.25) is 0 Å². The summed E-state index contributed by atoms with van der Waals surface area (Å²) in [7, 11) is 0. The second kappa shape index (κ2) is 8.32. The molecule has 0 aliphatic rings. The predicted molar refractivity (Wildman–Crippen MR) is 93.2 cm³/mol. The third kappa shape index (κ3) is 5.27. The Hall–Kier alpha value is -1.16. The Kier molecular flexibility index (Phi) is 6.43. The lowest BCUT2D eigenvalue weighted by molar-refractivity contribution is 0.204. The van der Waals surface area contributed by atoms with Crippen LogP contribution < -0.4 is 5.73 Å². The average molecular weight is 347 g/mol. The third-order valence-corrected chi connectivity index (χ3v) is 4.24. The molecule has 2 nitrogen and oxygen atoms in total. The van der Waals surface area contributed by atoms with Crippen LogP contribution in [0.5, 0.6) is 0 Å². The van der Waals surface area contributed by atoms with Crippen molar-refractivity contribution < 1.29 is 0 Å². The van der Waals surface area contributed by atoms with E-state index >= 15 is 0 Å². The van der Waals surface area contributed by atoms with Gasteiger partial charge in [0.05, 0.1) is 0 Å². The molecule has 0 fully saturated rings. The van der Waals surface area contributed by atoms with Crippen LogP contribution in [-0.4, -0.2) is 24.0 Å². The summed E-state index contributed by atoms with van der Waals surface area (Å²) in [5, 5.41) is 0. The van der Waals surface area contributed by atoms with E-state index in [0.29, 0.717) is 12.6 Å². The molecule has 0 saturated carbocycles. The molecule has 0 saturated heterocycles. The first kappa shape index (κ1) is 16.2. The average Bonchev–Trinajstić information content (AvgIpc) is 2.50. The van der Waals surface area contributed by atoms with Gasteiger partial charge in [-0.2, -0.15) is 0 Å². The monoisotopic (exact) mass is 346 g/mol. The number of hydrogen-bond donors (Lipinski definition) is 1. The summed E-state index contributed by atoms with van der Waals surface area (Å²) in [6.07, 6.45) is 1.04. The maximum atomic E-state index is 5.79. The molecule has 0 spiro atoms. The molecule has 0 heterocycles. The van der Waals surface area contributed by atoms with Crippen molar-refractivity contribution in [1.82, 2.24) is 4.90 Å². The lowest BCUT2D eigenvalue weighted by Crippen LogP contribution is -2.37. The minimum Gasteiger partial charge on any atom is -0.329 e. The summed E-state index contributed by atoms with van der Waals surface area (Å²) in [6.45, 7) is 4.85. The number of halogens is 1. The van der Waals surface area contributed by atoms with Crippen molar-refractivity contribution in [3.8, 4) is 0 Å². The van der Waals surface area contributed by atoms with E-state index in [2.05, 4.69) is 82.4 Å². The fourth-order valence-corrected chi connectivity index (χ4v) is 2.79. The van der Waals surface area contributed by atoms with Gasteiger partial charge in [-0.05, 0) is 36.6 Å². The van der Waals surface area contributed by atoms with Crippen LogP contribution in [0.25, 0.3) is 0 Å². The van der Waals surface area contributed by atoms with Crippen molar-refractivity contribution in [2.45, 2.75) is 25.9 Å². The van der Waals surface area contributed by atoms with E-state index in [1.165, 1.54) is 11.1 Å². The fraction of sp³-hybridized carbons (Fsp3) is 0.333. The second-order valence-electron chi connectivity index (χ2n) is 5.42. The van der Waals surface area contributed by atoms with Gasteiger partial charge in [-0.3, -0.25) is 4.90 Å². The summed E-state index contributed by atoms with van der Waals surface area (Å²) in [5.41, 5.74) is 8.49. The number of benzene rings is 2. The maximum absolute atomic E-state index is 5.79. The molecule has 1 unspecified atom stereocenters. The Balaban J connectivity index is 2.01. The smallest absolute Gasteiger partial charge is 0.0237 e. The lowest BCUT2D eigenvalue weighted by atomic mass is 10.1. The first-order chi connectivity index (χ1) is 10.2. The number of hydrogen-bond acceptors (Lipinski definition) is 2. The lowest BCUT2D eigenvalue weighted by Gasteiger charge is -2.29. The zero-order valence-electron chi connectivity index (χ0n) is 12.5. The minimum absolute atomic E-state index is 0.468. The standard InChI is InChI=1S/C18H23BrN2/c1-15(13-16-7-9-18(19)10-8-16)21(12-11-20)14-17-5-3-2-4-6-17/h2-10,15H,11-14,20H2,1H3. The molecule has 112 valence electrons. The van der Waals surface area contributed by atoms with Crippen LogP contribution in [0, 0.1) is 0 Å². The van der Waals surface area contributed by atoms with Crippen molar-refractivity contribution >= 4 is 15.9 Å². The number of nitrogens with zero attached hydrogens (tertiary/aromatic N) is 1. The molecule has 2 N–H and O–H groups in total. The van der Waals surface area contributed by atoms with E-state index in [0.717, 1.165) is 24.0 Å². The van der Waals surface area contributed by atoms with Crippen LogP contribution in [0.1, 0.15) is 18.1 Å². The molecule has 2 rings (SSSR count). The Labute approximate surface area is 136 Å². The van der Waals surface area contributed by atoms with Gasteiger partial charge in [0.25, 0.3) is 0 Å². The van der Waals surface area contributed by atoms with Gasteiger partial charge in [0.1, 0.15) is 0 Å². The Morgan fingerprint density at radius 2 is 1.67 bits per heavy atom. The van der Waals surface area contributed by atoms with Crippen molar-refractivity contribution in [3.05, 3.63) is 70.2 Å². The van der Waals surface area contributed by atoms with E-state index in [-0.39, 0.29) is 0 Å². The van der Waals surface area contributed by atoms with Gasteiger partial charge < -0.3 is 5.73 Å². The molecule has 0 bridgehead atoms. The van der Waals surface area contributed by atoms with Crippen molar-refractivity contribution in [1.29, 1.82) is 0 Å². The summed E-state index contributed by atoms with van der Waals surface area (Å²) >= 11 is 3.48. The van der Waals surface area contributed by atoms with E-state index in [4.69, 9.17) is 5.73 Å². The first-order valence-electron chi connectivity index (χ1n) is 7.41. The molecule has 2 aromatic rings. The molecule has 0 aliphatic carbocycles. The summed E-state index contributed by atoms with van der Waals surface area (Å²) < 4.78 is 1.13. The van der Waals surface area contributed by atoms with E-state index in [1.807, 2.05) is 0 Å². The Morgan fingerprint density at radius 1 is 1.00 bits per heavy atom. The summed E-state index contributed by atoms with van der Waals surface area (Å²) in [6, 6.07) is 19.6. The normalized spacial score (nSPS) is 12.6. The van der Waals surface area contributed by atoms with Gasteiger partial charge in [-0.25, -0.2) is 0 Å². The predicted octanol–water partition coefficient (Wildman–Crippen LogP) is 3.84. The largest absolute Gasteiger partial charge is 0.329 e. The van der Waals surface area contributed by atoms with Crippen LogP contribution in [-0.2, 0) is 13.0 Å². The van der Waals surface area contributed by atoms with Gasteiger partial charge in [0.15, 0.2) is 0 Å². The number of rotatable bonds is 7. The second-order valence-corrected chi connectivity index (χ2v) is 6.34. The Morgan fingerprint density at radius 3 is 2.29 bits per heavy atom. The molecule has 0 amide bonds. The highest BCUT2D eigenvalue weighted by Crippen LogP contribution is 2.15.